The highest BCUT2D eigenvalue weighted by molar-refractivity contribution is 5.27. The van der Waals surface area contributed by atoms with Gasteiger partial charge in [0.2, 0.25) is 0 Å². The van der Waals surface area contributed by atoms with Gasteiger partial charge in [0.25, 0.3) is 0 Å². The summed E-state index contributed by atoms with van der Waals surface area (Å²) >= 11 is 0. The topological polar surface area (TPSA) is 32.3 Å². The molecule has 2 heteroatoms. The summed E-state index contributed by atoms with van der Waals surface area (Å²) in [5.74, 6) is 0.331. The van der Waals surface area contributed by atoms with Crippen LogP contribution in [0.1, 0.15) is 44.2 Å². The smallest absolute Gasteiger partial charge is 0.115 e. The first-order valence-electron chi connectivity index (χ1n) is 6.46. The number of benzene rings is 1. The molecule has 0 aliphatic heterocycles. The molecular weight excluding hydrogens is 210 g/mol. The van der Waals surface area contributed by atoms with E-state index in [2.05, 4.69) is 18.3 Å². The number of hydrogen-bond acceptors (Lipinski definition) is 2. The summed E-state index contributed by atoms with van der Waals surface area (Å²) in [6.07, 6.45) is 7.44. The van der Waals surface area contributed by atoms with Crippen LogP contribution in [0.5, 0.6) is 5.75 Å². The van der Waals surface area contributed by atoms with Crippen LogP contribution < -0.4 is 5.32 Å². The van der Waals surface area contributed by atoms with Crippen LogP contribution in [-0.4, -0.2) is 11.7 Å². The minimum Gasteiger partial charge on any atom is -0.508 e. The fourth-order valence-electron chi connectivity index (χ4n) is 2.29. The molecule has 0 radical (unpaired) electrons. The molecule has 0 saturated carbocycles. The second-order valence-electron chi connectivity index (χ2n) is 4.77. The molecule has 1 unspecified atom stereocenters. The fourth-order valence-corrected chi connectivity index (χ4v) is 2.29. The first kappa shape index (κ1) is 12.2. The standard InChI is InChI=1S/C15H21NO/c1-12(14-6-8-15(17)9-7-14)16-11-10-13-4-2-3-5-13/h4,6-9,12,16-17H,2-3,5,10-11H2,1H3. The third-order valence-electron chi connectivity index (χ3n) is 3.42. The van der Waals surface area contributed by atoms with E-state index in [1.807, 2.05) is 12.1 Å². The monoisotopic (exact) mass is 231 g/mol. The second-order valence-corrected chi connectivity index (χ2v) is 4.77. The van der Waals surface area contributed by atoms with Gasteiger partial charge in [-0.3, -0.25) is 0 Å². The quantitative estimate of drug-likeness (QED) is 0.760. The van der Waals surface area contributed by atoms with Gasteiger partial charge >= 0.3 is 0 Å². The molecule has 92 valence electrons. The van der Waals surface area contributed by atoms with Crippen molar-refractivity contribution in [3.63, 3.8) is 0 Å². The first-order valence-corrected chi connectivity index (χ1v) is 6.46. The SMILES string of the molecule is CC(NCCC1=CCCC1)c1ccc(O)cc1. The van der Waals surface area contributed by atoms with Crippen molar-refractivity contribution in [1.29, 1.82) is 0 Å². The van der Waals surface area contributed by atoms with Crippen LogP contribution in [-0.2, 0) is 0 Å². The second kappa shape index (κ2) is 5.87. The maximum atomic E-state index is 9.23. The lowest BCUT2D eigenvalue weighted by Crippen LogP contribution is -2.20. The summed E-state index contributed by atoms with van der Waals surface area (Å²) in [4.78, 5) is 0. The van der Waals surface area contributed by atoms with Crippen LogP contribution in [0.2, 0.25) is 0 Å². The molecule has 1 atom stereocenters. The number of rotatable bonds is 5. The maximum absolute atomic E-state index is 9.23. The van der Waals surface area contributed by atoms with Gasteiger partial charge in [0.05, 0.1) is 0 Å². The van der Waals surface area contributed by atoms with Gasteiger partial charge in [-0.2, -0.15) is 0 Å². The van der Waals surface area contributed by atoms with E-state index in [0.29, 0.717) is 11.8 Å². The van der Waals surface area contributed by atoms with Gasteiger partial charge in [-0.15, -0.1) is 0 Å². The molecule has 2 rings (SSSR count). The molecule has 2 nitrogen and oxygen atoms in total. The molecule has 0 bridgehead atoms. The molecule has 0 fully saturated rings. The third-order valence-corrected chi connectivity index (χ3v) is 3.42. The molecule has 0 heterocycles. The van der Waals surface area contributed by atoms with Gasteiger partial charge < -0.3 is 10.4 Å². The van der Waals surface area contributed by atoms with Crippen LogP contribution in [0.4, 0.5) is 0 Å². The zero-order chi connectivity index (χ0) is 12.1. The van der Waals surface area contributed by atoms with Crippen LogP contribution in [0.25, 0.3) is 0 Å². The molecule has 2 N–H and O–H groups in total. The largest absolute Gasteiger partial charge is 0.508 e. The van der Waals surface area contributed by atoms with E-state index < -0.39 is 0 Å². The average Bonchev–Trinajstić information content (AvgIpc) is 2.83. The molecule has 1 aromatic carbocycles. The molecule has 0 aromatic heterocycles. The molecule has 0 spiro atoms. The van der Waals surface area contributed by atoms with Crippen molar-refractivity contribution in [1.82, 2.24) is 5.32 Å². The number of aromatic hydroxyl groups is 1. The Morgan fingerprint density at radius 3 is 2.71 bits per heavy atom. The van der Waals surface area contributed by atoms with E-state index in [-0.39, 0.29) is 0 Å². The number of phenols is 1. The fraction of sp³-hybridized carbons (Fsp3) is 0.467. The van der Waals surface area contributed by atoms with Crippen LogP contribution in [0.3, 0.4) is 0 Å². The Hall–Kier alpha value is -1.28. The van der Waals surface area contributed by atoms with Gasteiger partial charge in [-0.05, 0) is 56.8 Å². The Balaban J connectivity index is 1.76. The normalized spacial score (nSPS) is 16.9. The van der Waals surface area contributed by atoms with Crippen LogP contribution in [0.15, 0.2) is 35.9 Å². The van der Waals surface area contributed by atoms with E-state index in [1.54, 1.807) is 17.7 Å². The van der Waals surface area contributed by atoms with Gasteiger partial charge in [-0.1, -0.05) is 23.8 Å². The Kier molecular flexibility index (Phi) is 4.21. The zero-order valence-corrected chi connectivity index (χ0v) is 10.4. The molecule has 1 aromatic rings. The van der Waals surface area contributed by atoms with E-state index in [0.717, 1.165) is 6.54 Å². The Bertz CT molecular complexity index is 380. The molecule has 1 aliphatic carbocycles. The van der Waals surface area contributed by atoms with Crippen molar-refractivity contribution in [3.8, 4) is 5.75 Å². The van der Waals surface area contributed by atoms with Gasteiger partial charge in [-0.25, -0.2) is 0 Å². The van der Waals surface area contributed by atoms with E-state index >= 15 is 0 Å². The lowest BCUT2D eigenvalue weighted by atomic mass is 10.1. The lowest BCUT2D eigenvalue weighted by Gasteiger charge is -2.14. The van der Waals surface area contributed by atoms with Crippen molar-refractivity contribution >= 4 is 0 Å². The molecule has 0 amide bonds. The minimum absolute atomic E-state index is 0.331. The maximum Gasteiger partial charge on any atom is 0.115 e. The van der Waals surface area contributed by atoms with Gasteiger partial charge in [0, 0.05) is 6.04 Å². The predicted octanol–water partition coefficient (Wildman–Crippen LogP) is 3.54. The third kappa shape index (κ3) is 3.60. The molecule has 1 aliphatic rings. The summed E-state index contributed by atoms with van der Waals surface area (Å²) < 4.78 is 0. The Labute approximate surface area is 103 Å². The summed E-state index contributed by atoms with van der Waals surface area (Å²) in [7, 11) is 0. The van der Waals surface area contributed by atoms with Crippen molar-refractivity contribution in [2.24, 2.45) is 0 Å². The Morgan fingerprint density at radius 2 is 2.06 bits per heavy atom. The summed E-state index contributed by atoms with van der Waals surface area (Å²) in [5.41, 5.74) is 2.83. The molecule has 0 saturated heterocycles. The van der Waals surface area contributed by atoms with Gasteiger partial charge in [0.15, 0.2) is 0 Å². The van der Waals surface area contributed by atoms with Crippen molar-refractivity contribution in [2.75, 3.05) is 6.54 Å². The number of nitrogens with one attached hydrogen (secondary N) is 1. The van der Waals surface area contributed by atoms with Gasteiger partial charge in [0.1, 0.15) is 5.75 Å². The molecule has 17 heavy (non-hydrogen) atoms. The Morgan fingerprint density at radius 1 is 1.29 bits per heavy atom. The van der Waals surface area contributed by atoms with Crippen molar-refractivity contribution < 1.29 is 5.11 Å². The summed E-state index contributed by atoms with van der Waals surface area (Å²) in [5, 5.41) is 12.8. The highest BCUT2D eigenvalue weighted by Crippen LogP contribution is 2.21. The average molecular weight is 231 g/mol. The summed E-state index contributed by atoms with van der Waals surface area (Å²) in [6, 6.07) is 7.78. The number of hydrogen-bond donors (Lipinski definition) is 2. The molecular formula is C15H21NO. The summed E-state index contributed by atoms with van der Waals surface area (Å²) in [6.45, 7) is 3.20. The number of allylic oxidation sites excluding steroid dienone is 1. The van der Waals surface area contributed by atoms with E-state index in [1.165, 1.54) is 31.2 Å². The van der Waals surface area contributed by atoms with Crippen molar-refractivity contribution in [2.45, 2.75) is 38.6 Å². The first-order chi connectivity index (χ1) is 8.25. The van der Waals surface area contributed by atoms with E-state index in [4.69, 9.17) is 0 Å². The van der Waals surface area contributed by atoms with Crippen LogP contribution >= 0.6 is 0 Å². The van der Waals surface area contributed by atoms with Crippen molar-refractivity contribution in [3.05, 3.63) is 41.5 Å². The van der Waals surface area contributed by atoms with E-state index in [9.17, 15) is 5.11 Å². The zero-order valence-electron chi connectivity index (χ0n) is 10.4. The highest BCUT2D eigenvalue weighted by Gasteiger charge is 2.07. The highest BCUT2D eigenvalue weighted by atomic mass is 16.3. The predicted molar refractivity (Wildman–Crippen MR) is 71.1 cm³/mol. The number of phenolic OH excluding ortho intramolecular Hbond substituents is 1. The minimum atomic E-state index is 0.331. The van der Waals surface area contributed by atoms with Crippen LogP contribution in [0, 0.1) is 0 Å². The lowest BCUT2D eigenvalue weighted by molar-refractivity contribution is 0.474.